The molecule has 1 aromatic heterocycles. The first-order valence-corrected chi connectivity index (χ1v) is 8.32. The number of anilines is 1. The molecule has 0 bridgehead atoms. The van der Waals surface area contributed by atoms with E-state index in [-0.39, 0.29) is 24.3 Å². The number of nitrogens with zero attached hydrogens (tertiary/aromatic N) is 2. The van der Waals surface area contributed by atoms with Gasteiger partial charge in [0.05, 0.1) is 9.50 Å². The Morgan fingerprint density at radius 3 is 2.72 bits per heavy atom. The van der Waals surface area contributed by atoms with Crippen LogP contribution in [0.15, 0.2) is 45.3 Å². The Kier molecular flexibility index (Phi) is 5.35. The van der Waals surface area contributed by atoms with Gasteiger partial charge in [0.1, 0.15) is 12.4 Å². The first kappa shape index (κ1) is 17.4. The van der Waals surface area contributed by atoms with Gasteiger partial charge >= 0.3 is 6.01 Å². The second-order valence-corrected chi connectivity index (χ2v) is 6.27. The lowest BCUT2D eigenvalue weighted by atomic mass is 10.2. The molecule has 25 heavy (non-hydrogen) atoms. The third-order valence-corrected chi connectivity index (χ3v) is 4.09. The van der Waals surface area contributed by atoms with Crippen molar-refractivity contribution in [2.75, 3.05) is 5.73 Å². The van der Waals surface area contributed by atoms with E-state index in [1.807, 2.05) is 0 Å². The lowest BCUT2D eigenvalue weighted by molar-refractivity contribution is 0.298. The molecule has 0 aliphatic heterocycles. The standard InChI is InChI=1S/C17H12BrClFN3O2/c18-12-7-10(5-6-15-22-23-17(21)25-15)8-13(19)16(12)24-9-11-3-1-2-4-14(11)20/h1-8H,9H2,(H2,21,23)/b6-5+. The Balaban J connectivity index is 1.76. The predicted octanol–water partition coefficient (Wildman–Crippen LogP) is 4.96. The van der Waals surface area contributed by atoms with Gasteiger partial charge < -0.3 is 14.9 Å². The number of rotatable bonds is 5. The number of benzene rings is 2. The molecule has 0 saturated carbocycles. The monoisotopic (exact) mass is 423 g/mol. The Labute approximate surface area is 156 Å². The number of aromatic nitrogens is 2. The summed E-state index contributed by atoms with van der Waals surface area (Å²) in [4.78, 5) is 0. The van der Waals surface area contributed by atoms with Crippen molar-refractivity contribution in [3.63, 3.8) is 0 Å². The maximum atomic E-state index is 13.7. The molecular weight excluding hydrogens is 413 g/mol. The molecule has 8 heteroatoms. The Morgan fingerprint density at radius 1 is 1.24 bits per heavy atom. The fourth-order valence-electron chi connectivity index (χ4n) is 2.06. The van der Waals surface area contributed by atoms with Crippen LogP contribution in [0.2, 0.25) is 5.02 Å². The van der Waals surface area contributed by atoms with Gasteiger partial charge in [-0.15, -0.1) is 5.10 Å². The van der Waals surface area contributed by atoms with E-state index in [0.29, 0.717) is 20.8 Å². The minimum Gasteiger partial charge on any atom is -0.486 e. The van der Waals surface area contributed by atoms with Gasteiger partial charge in [0.25, 0.3) is 0 Å². The molecule has 0 saturated heterocycles. The summed E-state index contributed by atoms with van der Waals surface area (Å²) in [7, 11) is 0. The van der Waals surface area contributed by atoms with E-state index in [1.165, 1.54) is 6.07 Å². The third kappa shape index (κ3) is 4.37. The minimum atomic E-state index is -0.326. The second kappa shape index (κ2) is 7.67. The van der Waals surface area contributed by atoms with Crippen molar-refractivity contribution in [1.82, 2.24) is 10.2 Å². The highest BCUT2D eigenvalue weighted by Gasteiger charge is 2.10. The summed E-state index contributed by atoms with van der Waals surface area (Å²) >= 11 is 9.68. The summed E-state index contributed by atoms with van der Waals surface area (Å²) in [5, 5.41) is 7.68. The van der Waals surface area contributed by atoms with E-state index in [4.69, 9.17) is 26.5 Å². The van der Waals surface area contributed by atoms with Crippen molar-refractivity contribution in [3.8, 4) is 5.75 Å². The van der Waals surface area contributed by atoms with E-state index < -0.39 is 0 Å². The molecule has 0 fully saturated rings. The SMILES string of the molecule is Nc1nnc(/C=C/c2cc(Cl)c(OCc3ccccc3F)c(Br)c2)o1. The van der Waals surface area contributed by atoms with E-state index in [2.05, 4.69) is 26.1 Å². The summed E-state index contributed by atoms with van der Waals surface area (Å²) in [6.07, 6.45) is 3.35. The molecule has 1 heterocycles. The number of ether oxygens (including phenoxy) is 1. The van der Waals surface area contributed by atoms with Crippen molar-refractivity contribution in [3.05, 3.63) is 68.7 Å². The average molecular weight is 425 g/mol. The van der Waals surface area contributed by atoms with Crippen LogP contribution in [-0.4, -0.2) is 10.2 Å². The smallest absolute Gasteiger partial charge is 0.313 e. The maximum absolute atomic E-state index is 13.7. The lowest BCUT2D eigenvalue weighted by Gasteiger charge is -2.11. The van der Waals surface area contributed by atoms with Crippen LogP contribution in [0.25, 0.3) is 12.2 Å². The Morgan fingerprint density at radius 2 is 2.04 bits per heavy atom. The first-order valence-electron chi connectivity index (χ1n) is 7.15. The van der Waals surface area contributed by atoms with Crippen LogP contribution in [-0.2, 0) is 6.61 Å². The lowest BCUT2D eigenvalue weighted by Crippen LogP contribution is -1.99. The highest BCUT2D eigenvalue weighted by atomic mass is 79.9. The normalized spacial score (nSPS) is 11.2. The Hall–Kier alpha value is -2.38. The van der Waals surface area contributed by atoms with E-state index in [1.54, 1.807) is 42.5 Å². The van der Waals surface area contributed by atoms with Crippen molar-refractivity contribution in [2.45, 2.75) is 6.61 Å². The van der Waals surface area contributed by atoms with Gasteiger partial charge in [0.15, 0.2) is 5.75 Å². The van der Waals surface area contributed by atoms with Gasteiger partial charge in [-0.05, 0) is 45.8 Å². The molecule has 0 radical (unpaired) electrons. The number of hydrogen-bond donors (Lipinski definition) is 1. The highest BCUT2D eigenvalue weighted by molar-refractivity contribution is 9.10. The zero-order valence-electron chi connectivity index (χ0n) is 12.7. The second-order valence-electron chi connectivity index (χ2n) is 5.01. The largest absolute Gasteiger partial charge is 0.486 e. The molecule has 0 unspecified atom stereocenters. The summed E-state index contributed by atoms with van der Waals surface area (Å²) in [6, 6.07) is 9.92. The molecule has 3 aromatic rings. The molecule has 3 rings (SSSR count). The average Bonchev–Trinajstić information content (AvgIpc) is 2.99. The first-order chi connectivity index (χ1) is 12.0. The fraction of sp³-hybridized carbons (Fsp3) is 0.0588. The van der Waals surface area contributed by atoms with Crippen molar-refractivity contribution in [2.24, 2.45) is 0 Å². The molecule has 0 aliphatic rings. The summed E-state index contributed by atoms with van der Waals surface area (Å²) in [5.74, 6) is 0.391. The quantitative estimate of drug-likeness (QED) is 0.627. The van der Waals surface area contributed by atoms with Crippen LogP contribution < -0.4 is 10.5 Å². The molecule has 0 spiro atoms. The molecular formula is C17H12BrClFN3O2. The van der Waals surface area contributed by atoms with E-state index in [9.17, 15) is 4.39 Å². The highest BCUT2D eigenvalue weighted by Crippen LogP contribution is 2.35. The van der Waals surface area contributed by atoms with Gasteiger partial charge in [0, 0.05) is 11.6 Å². The number of nitrogen functional groups attached to an aromatic ring is 1. The van der Waals surface area contributed by atoms with Gasteiger partial charge in [-0.25, -0.2) is 4.39 Å². The van der Waals surface area contributed by atoms with Gasteiger partial charge in [-0.2, -0.15) is 0 Å². The topological polar surface area (TPSA) is 74.2 Å². The summed E-state index contributed by atoms with van der Waals surface area (Å²) < 4.78 is 25.0. The molecule has 128 valence electrons. The van der Waals surface area contributed by atoms with Gasteiger partial charge in [-0.1, -0.05) is 34.9 Å². The van der Waals surface area contributed by atoms with Crippen molar-refractivity contribution < 1.29 is 13.5 Å². The van der Waals surface area contributed by atoms with Crippen LogP contribution in [0.1, 0.15) is 17.0 Å². The van der Waals surface area contributed by atoms with Crippen LogP contribution >= 0.6 is 27.5 Å². The molecule has 5 nitrogen and oxygen atoms in total. The van der Waals surface area contributed by atoms with Crippen molar-refractivity contribution >= 4 is 45.7 Å². The van der Waals surface area contributed by atoms with Gasteiger partial charge in [-0.3, -0.25) is 0 Å². The molecule has 0 amide bonds. The van der Waals surface area contributed by atoms with Crippen LogP contribution in [0, 0.1) is 5.82 Å². The van der Waals surface area contributed by atoms with Crippen molar-refractivity contribution in [1.29, 1.82) is 0 Å². The zero-order chi connectivity index (χ0) is 17.8. The zero-order valence-corrected chi connectivity index (χ0v) is 15.1. The van der Waals surface area contributed by atoms with Crippen LogP contribution in [0.5, 0.6) is 5.75 Å². The number of halogens is 3. The molecule has 0 atom stereocenters. The van der Waals surface area contributed by atoms with Gasteiger partial charge in [0.2, 0.25) is 5.89 Å². The molecule has 2 aromatic carbocycles. The third-order valence-electron chi connectivity index (χ3n) is 3.23. The summed E-state index contributed by atoms with van der Waals surface area (Å²) in [5.41, 5.74) is 6.59. The van der Waals surface area contributed by atoms with Crippen LogP contribution in [0.3, 0.4) is 0 Å². The number of nitrogens with two attached hydrogens (primary N) is 1. The maximum Gasteiger partial charge on any atom is 0.313 e. The van der Waals surface area contributed by atoms with E-state index in [0.717, 1.165) is 5.56 Å². The van der Waals surface area contributed by atoms with E-state index >= 15 is 0 Å². The van der Waals surface area contributed by atoms with Crippen LogP contribution in [0.4, 0.5) is 10.4 Å². The predicted molar refractivity (Wildman–Crippen MR) is 97.5 cm³/mol. The molecule has 0 aliphatic carbocycles. The molecule has 2 N–H and O–H groups in total. The summed E-state index contributed by atoms with van der Waals surface area (Å²) in [6.45, 7) is 0.0709. The minimum absolute atomic E-state index is 0.00393. The Bertz CT molecular complexity index is 907. The fourth-order valence-corrected chi connectivity index (χ4v) is 3.05. The number of hydrogen-bond acceptors (Lipinski definition) is 5.